The van der Waals surface area contributed by atoms with Gasteiger partial charge in [0.25, 0.3) is 5.89 Å². The van der Waals surface area contributed by atoms with Crippen molar-refractivity contribution in [2.45, 2.75) is 13.3 Å². The number of nitrogens with one attached hydrogen (secondary N) is 1. The van der Waals surface area contributed by atoms with Crippen molar-refractivity contribution >= 4 is 17.3 Å². The van der Waals surface area contributed by atoms with Crippen molar-refractivity contribution in [3.63, 3.8) is 0 Å². The molecule has 1 aliphatic rings. The van der Waals surface area contributed by atoms with Gasteiger partial charge in [0.05, 0.1) is 6.20 Å². The number of hydrogen-bond donors (Lipinski definition) is 1. The molecule has 19 heavy (non-hydrogen) atoms. The number of rotatable bonds is 2. The Labute approximate surface area is 111 Å². The first kappa shape index (κ1) is 11.8. The molecule has 0 spiro atoms. The number of carbonyl (C=O) groups excluding carboxylic acids is 1. The van der Waals surface area contributed by atoms with Crippen LogP contribution in [0.3, 0.4) is 0 Å². The number of amides is 1. The van der Waals surface area contributed by atoms with Crippen molar-refractivity contribution in [1.29, 1.82) is 0 Å². The van der Waals surface area contributed by atoms with Gasteiger partial charge in [-0.2, -0.15) is 0 Å². The van der Waals surface area contributed by atoms with Gasteiger partial charge >= 0.3 is 5.91 Å². The van der Waals surface area contributed by atoms with Crippen LogP contribution in [-0.4, -0.2) is 24.5 Å². The lowest BCUT2D eigenvalue weighted by molar-refractivity contribution is 0.0989. The molecule has 2 aromatic rings. The van der Waals surface area contributed by atoms with Crippen LogP contribution >= 0.6 is 0 Å². The van der Waals surface area contributed by atoms with E-state index in [4.69, 9.17) is 4.42 Å². The number of benzene rings is 1. The maximum Gasteiger partial charge on any atom is 0.311 e. The first-order valence-electron chi connectivity index (χ1n) is 6.21. The Hall–Kier alpha value is -2.30. The van der Waals surface area contributed by atoms with Gasteiger partial charge in [0, 0.05) is 25.0 Å². The quantitative estimate of drug-likeness (QED) is 0.896. The van der Waals surface area contributed by atoms with Crippen LogP contribution in [0.2, 0.25) is 0 Å². The smallest absolute Gasteiger partial charge is 0.311 e. The van der Waals surface area contributed by atoms with E-state index in [9.17, 15) is 4.79 Å². The summed E-state index contributed by atoms with van der Waals surface area (Å²) in [7, 11) is 2.07. The molecule has 98 valence electrons. The molecule has 0 atom stereocenters. The average Bonchev–Trinajstić information content (AvgIpc) is 2.97. The molecule has 0 saturated carbocycles. The fourth-order valence-electron chi connectivity index (χ4n) is 2.29. The molecule has 3 rings (SSSR count). The van der Waals surface area contributed by atoms with Crippen LogP contribution in [0, 0.1) is 6.92 Å². The standard InChI is InChI=1S/C14H15N3O2/c1-9-8-15-14(19-9)13(18)16-11-3-4-12-10(7-11)5-6-17(12)2/h3-4,7-8H,5-6H2,1-2H3,(H,16,18). The van der Waals surface area contributed by atoms with Crippen LogP contribution in [0.25, 0.3) is 0 Å². The minimum Gasteiger partial charge on any atom is -0.438 e. The molecular weight excluding hydrogens is 242 g/mol. The Morgan fingerprint density at radius 2 is 2.32 bits per heavy atom. The highest BCUT2D eigenvalue weighted by molar-refractivity contribution is 6.01. The largest absolute Gasteiger partial charge is 0.438 e. The second-order valence-corrected chi connectivity index (χ2v) is 4.75. The van der Waals surface area contributed by atoms with E-state index in [0.29, 0.717) is 5.76 Å². The normalized spacial score (nSPS) is 13.5. The Kier molecular flexibility index (Phi) is 2.74. The molecule has 5 nitrogen and oxygen atoms in total. The van der Waals surface area contributed by atoms with Crippen LogP contribution in [-0.2, 0) is 6.42 Å². The number of nitrogens with zero attached hydrogens (tertiary/aromatic N) is 2. The molecule has 0 bridgehead atoms. The van der Waals surface area contributed by atoms with Crippen LogP contribution in [0.4, 0.5) is 11.4 Å². The lowest BCUT2D eigenvalue weighted by Crippen LogP contribution is -2.13. The Balaban J connectivity index is 1.79. The Morgan fingerprint density at radius 3 is 3.05 bits per heavy atom. The summed E-state index contributed by atoms with van der Waals surface area (Å²) in [6, 6.07) is 5.93. The minimum absolute atomic E-state index is 0.0927. The molecule has 0 saturated heterocycles. The number of aromatic nitrogens is 1. The van der Waals surface area contributed by atoms with E-state index in [1.807, 2.05) is 18.2 Å². The van der Waals surface area contributed by atoms with Crippen molar-refractivity contribution < 1.29 is 9.21 Å². The summed E-state index contributed by atoms with van der Waals surface area (Å²) >= 11 is 0. The van der Waals surface area contributed by atoms with Gasteiger partial charge in [0.1, 0.15) is 5.76 Å². The van der Waals surface area contributed by atoms with E-state index in [0.717, 1.165) is 18.7 Å². The van der Waals surface area contributed by atoms with Crippen LogP contribution in [0.5, 0.6) is 0 Å². The molecule has 5 heteroatoms. The molecule has 1 aromatic carbocycles. The zero-order valence-corrected chi connectivity index (χ0v) is 10.9. The summed E-state index contributed by atoms with van der Waals surface area (Å²) in [6.07, 6.45) is 2.54. The van der Waals surface area contributed by atoms with Gasteiger partial charge in [0.2, 0.25) is 0 Å². The summed E-state index contributed by atoms with van der Waals surface area (Å²) < 4.78 is 5.20. The second kappa shape index (κ2) is 4.42. The van der Waals surface area contributed by atoms with Gasteiger partial charge in [0.15, 0.2) is 0 Å². The molecule has 0 unspecified atom stereocenters. The number of oxazole rings is 1. The third-order valence-corrected chi connectivity index (χ3v) is 3.28. The Morgan fingerprint density at radius 1 is 1.47 bits per heavy atom. The predicted octanol–water partition coefficient (Wildman–Crippen LogP) is 2.23. The van der Waals surface area contributed by atoms with E-state index in [2.05, 4.69) is 22.2 Å². The molecule has 2 heterocycles. The number of aryl methyl sites for hydroxylation is 1. The first-order valence-corrected chi connectivity index (χ1v) is 6.21. The summed E-state index contributed by atoms with van der Waals surface area (Å²) in [5.74, 6) is 0.398. The summed E-state index contributed by atoms with van der Waals surface area (Å²) in [5, 5.41) is 2.80. The highest BCUT2D eigenvalue weighted by Crippen LogP contribution is 2.29. The number of likely N-dealkylation sites (N-methyl/N-ethyl adjacent to an activating group) is 1. The predicted molar refractivity (Wildman–Crippen MR) is 72.6 cm³/mol. The third-order valence-electron chi connectivity index (χ3n) is 3.28. The monoisotopic (exact) mass is 257 g/mol. The van der Waals surface area contributed by atoms with Gasteiger partial charge in [-0.1, -0.05) is 0 Å². The summed E-state index contributed by atoms with van der Waals surface area (Å²) in [6.45, 7) is 2.78. The van der Waals surface area contributed by atoms with E-state index < -0.39 is 0 Å². The van der Waals surface area contributed by atoms with Crippen molar-refractivity contribution in [3.05, 3.63) is 41.6 Å². The molecule has 0 aliphatic carbocycles. The summed E-state index contributed by atoms with van der Waals surface area (Å²) in [4.78, 5) is 18.0. The van der Waals surface area contributed by atoms with Crippen molar-refractivity contribution in [2.75, 3.05) is 23.8 Å². The van der Waals surface area contributed by atoms with E-state index >= 15 is 0 Å². The Bertz CT molecular complexity index is 633. The maximum atomic E-state index is 11.9. The zero-order valence-electron chi connectivity index (χ0n) is 10.9. The van der Waals surface area contributed by atoms with E-state index in [-0.39, 0.29) is 11.8 Å². The van der Waals surface area contributed by atoms with Gasteiger partial charge in [-0.05, 0) is 37.1 Å². The van der Waals surface area contributed by atoms with Crippen LogP contribution in [0.15, 0.2) is 28.8 Å². The molecular formula is C14H15N3O2. The van der Waals surface area contributed by atoms with E-state index in [1.165, 1.54) is 17.4 Å². The molecule has 1 N–H and O–H groups in total. The highest BCUT2D eigenvalue weighted by Gasteiger charge is 2.17. The lowest BCUT2D eigenvalue weighted by atomic mass is 10.1. The third kappa shape index (κ3) is 2.19. The highest BCUT2D eigenvalue weighted by atomic mass is 16.4. The number of hydrogen-bond acceptors (Lipinski definition) is 4. The van der Waals surface area contributed by atoms with Crippen molar-refractivity contribution in [1.82, 2.24) is 4.98 Å². The molecule has 0 fully saturated rings. The average molecular weight is 257 g/mol. The van der Waals surface area contributed by atoms with Crippen LogP contribution < -0.4 is 10.2 Å². The second-order valence-electron chi connectivity index (χ2n) is 4.75. The van der Waals surface area contributed by atoms with Gasteiger partial charge in [-0.3, -0.25) is 4.79 Å². The summed E-state index contributed by atoms with van der Waals surface area (Å²) in [5.41, 5.74) is 3.25. The molecule has 1 aliphatic heterocycles. The SMILES string of the molecule is Cc1cnc(C(=O)Nc2ccc3c(c2)CCN3C)o1. The van der Waals surface area contributed by atoms with Crippen molar-refractivity contribution in [3.8, 4) is 0 Å². The topological polar surface area (TPSA) is 58.4 Å². The zero-order chi connectivity index (χ0) is 13.4. The number of fused-ring (bicyclic) bond motifs is 1. The van der Waals surface area contributed by atoms with Crippen molar-refractivity contribution in [2.24, 2.45) is 0 Å². The molecule has 1 amide bonds. The van der Waals surface area contributed by atoms with E-state index in [1.54, 1.807) is 6.92 Å². The lowest BCUT2D eigenvalue weighted by Gasteiger charge is -2.12. The number of carbonyl (C=O) groups is 1. The number of anilines is 2. The first-order chi connectivity index (χ1) is 9.13. The molecule has 0 radical (unpaired) electrons. The fraction of sp³-hybridized carbons (Fsp3) is 0.286. The molecule has 1 aromatic heterocycles. The maximum absolute atomic E-state index is 11.9. The fourth-order valence-corrected chi connectivity index (χ4v) is 2.29. The van der Waals surface area contributed by atoms with Gasteiger partial charge in [-0.15, -0.1) is 0 Å². The minimum atomic E-state index is -0.320. The van der Waals surface area contributed by atoms with Crippen LogP contribution in [0.1, 0.15) is 22.0 Å². The van der Waals surface area contributed by atoms with Gasteiger partial charge in [-0.25, -0.2) is 4.98 Å². The van der Waals surface area contributed by atoms with Gasteiger partial charge < -0.3 is 14.6 Å².